The zero-order valence-corrected chi connectivity index (χ0v) is 7.65. The molecule has 1 aromatic rings. The van der Waals surface area contributed by atoms with Crippen molar-refractivity contribution in [3.05, 3.63) is 11.9 Å². The van der Waals surface area contributed by atoms with Gasteiger partial charge in [-0.05, 0) is 13.8 Å². The Morgan fingerprint density at radius 2 is 2.38 bits per heavy atom. The van der Waals surface area contributed by atoms with E-state index < -0.39 is 5.97 Å². The number of aromatic carboxylic acids is 1. The van der Waals surface area contributed by atoms with Crippen molar-refractivity contribution in [2.24, 2.45) is 0 Å². The number of hydrogen-bond donors (Lipinski definition) is 1. The van der Waals surface area contributed by atoms with E-state index in [4.69, 9.17) is 9.84 Å². The molecule has 0 aliphatic carbocycles. The lowest BCUT2D eigenvalue weighted by molar-refractivity contribution is 0.0690. The van der Waals surface area contributed by atoms with E-state index in [-0.39, 0.29) is 5.69 Å². The standard InChI is InChI=1S/C8H12N2O3/c1-3-10-5-6(7(11)12)9-8(10)13-4-2/h5H,3-4H2,1-2H3,(H,11,12). The van der Waals surface area contributed by atoms with Gasteiger partial charge in [-0.1, -0.05) is 0 Å². The maximum atomic E-state index is 10.6. The smallest absolute Gasteiger partial charge is 0.356 e. The van der Waals surface area contributed by atoms with Crippen LogP contribution in [0.4, 0.5) is 0 Å². The fraction of sp³-hybridized carbons (Fsp3) is 0.500. The summed E-state index contributed by atoms with van der Waals surface area (Å²) in [5.41, 5.74) is 0.0188. The quantitative estimate of drug-likeness (QED) is 0.758. The Morgan fingerprint density at radius 1 is 1.69 bits per heavy atom. The highest BCUT2D eigenvalue weighted by Gasteiger charge is 2.12. The maximum absolute atomic E-state index is 10.6. The molecule has 0 saturated heterocycles. The van der Waals surface area contributed by atoms with Gasteiger partial charge in [0, 0.05) is 12.7 Å². The van der Waals surface area contributed by atoms with Crippen molar-refractivity contribution in [2.45, 2.75) is 20.4 Å². The summed E-state index contributed by atoms with van der Waals surface area (Å²) in [5, 5.41) is 8.65. The van der Waals surface area contributed by atoms with Crippen molar-refractivity contribution >= 4 is 5.97 Å². The molecule has 13 heavy (non-hydrogen) atoms. The monoisotopic (exact) mass is 184 g/mol. The summed E-state index contributed by atoms with van der Waals surface area (Å²) >= 11 is 0. The molecule has 0 amide bonds. The Morgan fingerprint density at radius 3 is 2.85 bits per heavy atom. The number of carboxylic acids is 1. The van der Waals surface area contributed by atoms with Gasteiger partial charge in [0.05, 0.1) is 6.61 Å². The SMILES string of the molecule is CCOc1nc(C(=O)O)cn1CC. The van der Waals surface area contributed by atoms with Crippen LogP contribution in [0, 0.1) is 0 Å². The third-order valence-corrected chi connectivity index (χ3v) is 1.57. The first-order valence-corrected chi connectivity index (χ1v) is 4.12. The summed E-state index contributed by atoms with van der Waals surface area (Å²) < 4.78 is 6.81. The minimum Gasteiger partial charge on any atom is -0.476 e. The molecule has 0 spiro atoms. The van der Waals surface area contributed by atoms with Crippen LogP contribution >= 0.6 is 0 Å². The van der Waals surface area contributed by atoms with Gasteiger partial charge in [0.1, 0.15) is 0 Å². The van der Waals surface area contributed by atoms with Gasteiger partial charge in [0.2, 0.25) is 0 Å². The molecule has 0 unspecified atom stereocenters. The van der Waals surface area contributed by atoms with Gasteiger partial charge in [-0.25, -0.2) is 4.79 Å². The number of aryl methyl sites for hydroxylation is 1. The number of imidazole rings is 1. The fourth-order valence-electron chi connectivity index (χ4n) is 0.973. The summed E-state index contributed by atoms with van der Waals surface area (Å²) in [6.45, 7) is 4.86. The zero-order valence-electron chi connectivity index (χ0n) is 7.65. The number of hydrogen-bond acceptors (Lipinski definition) is 3. The van der Waals surface area contributed by atoms with Gasteiger partial charge in [0.25, 0.3) is 6.01 Å². The highest BCUT2D eigenvalue weighted by Crippen LogP contribution is 2.11. The average molecular weight is 184 g/mol. The first kappa shape index (κ1) is 9.57. The number of ether oxygens (including phenoxy) is 1. The third-order valence-electron chi connectivity index (χ3n) is 1.57. The molecule has 0 aromatic carbocycles. The predicted molar refractivity (Wildman–Crippen MR) is 46.0 cm³/mol. The third kappa shape index (κ3) is 1.99. The van der Waals surface area contributed by atoms with Crippen molar-refractivity contribution in [2.75, 3.05) is 6.61 Å². The molecule has 0 aliphatic heterocycles. The molecule has 72 valence electrons. The van der Waals surface area contributed by atoms with Gasteiger partial charge in [0.15, 0.2) is 5.69 Å². The van der Waals surface area contributed by atoms with E-state index in [1.54, 1.807) is 4.57 Å². The number of rotatable bonds is 4. The van der Waals surface area contributed by atoms with E-state index >= 15 is 0 Å². The lowest BCUT2D eigenvalue weighted by Gasteiger charge is -2.02. The number of aromatic nitrogens is 2. The summed E-state index contributed by atoms with van der Waals surface area (Å²) in [6, 6.07) is 0.363. The van der Waals surface area contributed by atoms with Gasteiger partial charge in [-0.15, -0.1) is 0 Å². The molecule has 0 bridgehead atoms. The van der Waals surface area contributed by atoms with Gasteiger partial charge >= 0.3 is 5.97 Å². The molecular weight excluding hydrogens is 172 g/mol. The highest BCUT2D eigenvalue weighted by molar-refractivity contribution is 5.85. The lowest BCUT2D eigenvalue weighted by Crippen LogP contribution is -2.00. The molecule has 5 nitrogen and oxygen atoms in total. The first-order chi connectivity index (χ1) is 6.19. The summed E-state index contributed by atoms with van der Waals surface area (Å²) in [6.07, 6.45) is 1.47. The average Bonchev–Trinajstić information content (AvgIpc) is 2.48. The molecule has 1 rings (SSSR count). The van der Waals surface area contributed by atoms with Crippen molar-refractivity contribution < 1.29 is 14.6 Å². The fourth-order valence-corrected chi connectivity index (χ4v) is 0.973. The van der Waals surface area contributed by atoms with Crippen LogP contribution in [-0.2, 0) is 6.54 Å². The lowest BCUT2D eigenvalue weighted by atomic mass is 10.5. The number of carbonyl (C=O) groups is 1. The van der Waals surface area contributed by atoms with Crippen LogP contribution in [0.5, 0.6) is 6.01 Å². The van der Waals surface area contributed by atoms with Crippen molar-refractivity contribution in [3.63, 3.8) is 0 Å². The van der Waals surface area contributed by atoms with Crippen LogP contribution in [0.3, 0.4) is 0 Å². The van der Waals surface area contributed by atoms with Crippen LogP contribution in [0.15, 0.2) is 6.20 Å². The van der Waals surface area contributed by atoms with E-state index in [9.17, 15) is 4.79 Å². The Labute approximate surface area is 76.0 Å². The summed E-state index contributed by atoms with van der Waals surface area (Å²) in [5.74, 6) is -1.03. The molecule has 5 heteroatoms. The van der Waals surface area contributed by atoms with E-state index in [0.717, 1.165) is 0 Å². The van der Waals surface area contributed by atoms with E-state index in [2.05, 4.69) is 4.98 Å². The molecule has 1 heterocycles. The van der Waals surface area contributed by atoms with Crippen LogP contribution in [0.1, 0.15) is 24.3 Å². The molecule has 0 fully saturated rings. The second-order valence-electron chi connectivity index (χ2n) is 2.43. The van der Waals surface area contributed by atoms with Crippen LogP contribution in [0.25, 0.3) is 0 Å². The Balaban J connectivity index is 2.96. The maximum Gasteiger partial charge on any atom is 0.356 e. The van der Waals surface area contributed by atoms with Crippen LogP contribution in [0.2, 0.25) is 0 Å². The van der Waals surface area contributed by atoms with Gasteiger partial charge in [-0.3, -0.25) is 0 Å². The first-order valence-electron chi connectivity index (χ1n) is 4.12. The number of carboxylic acid groups (broad SMARTS) is 1. The summed E-state index contributed by atoms with van der Waals surface area (Å²) in [7, 11) is 0. The van der Waals surface area contributed by atoms with Crippen molar-refractivity contribution in [3.8, 4) is 6.01 Å². The Kier molecular flexibility index (Phi) is 2.89. The minimum absolute atomic E-state index is 0.0188. The predicted octanol–water partition coefficient (Wildman–Crippen LogP) is 1.000. The Hall–Kier alpha value is -1.52. The van der Waals surface area contributed by atoms with Gasteiger partial charge < -0.3 is 14.4 Å². The second-order valence-corrected chi connectivity index (χ2v) is 2.43. The molecule has 0 saturated carbocycles. The van der Waals surface area contributed by atoms with E-state index in [1.165, 1.54) is 6.20 Å². The highest BCUT2D eigenvalue weighted by atomic mass is 16.5. The van der Waals surface area contributed by atoms with Crippen molar-refractivity contribution in [1.82, 2.24) is 9.55 Å². The molecule has 1 N–H and O–H groups in total. The molecule has 0 atom stereocenters. The molecule has 0 aliphatic rings. The van der Waals surface area contributed by atoms with E-state index in [1.807, 2.05) is 13.8 Å². The van der Waals surface area contributed by atoms with Gasteiger partial charge in [-0.2, -0.15) is 4.98 Å². The zero-order chi connectivity index (χ0) is 9.84. The molecule has 0 radical (unpaired) electrons. The molecular formula is C8H12N2O3. The largest absolute Gasteiger partial charge is 0.476 e. The topological polar surface area (TPSA) is 64.3 Å². The molecule has 1 aromatic heterocycles. The normalized spacial score (nSPS) is 10.0. The van der Waals surface area contributed by atoms with E-state index in [0.29, 0.717) is 19.2 Å². The minimum atomic E-state index is -1.03. The van der Waals surface area contributed by atoms with Crippen molar-refractivity contribution in [1.29, 1.82) is 0 Å². The van der Waals surface area contributed by atoms with Crippen LogP contribution in [-0.4, -0.2) is 27.2 Å². The number of nitrogens with zero attached hydrogens (tertiary/aromatic N) is 2. The Bertz CT molecular complexity index is 306. The van der Waals surface area contributed by atoms with Crippen LogP contribution < -0.4 is 4.74 Å². The summed E-state index contributed by atoms with van der Waals surface area (Å²) in [4.78, 5) is 14.4. The second kappa shape index (κ2) is 3.93.